The van der Waals surface area contributed by atoms with Crippen LogP contribution in [0.15, 0.2) is 53.4 Å². The first kappa shape index (κ1) is 25.7. The smallest absolute Gasteiger partial charge is 0.331 e. The number of methoxy groups -OCH3 is 1. The zero-order valence-corrected chi connectivity index (χ0v) is 19.9. The standard InChI is InChI=1S/C24H25N3O7S/c1-32-22-15-18(7-9-21(22)33-14-11-25)8-10-24(29)34-17-23(28)26-19-5-4-6-20(16-19)35(30,31)27-12-2-3-13-27/h4-10,15-16H,2-3,12-14,17H2,1H3,(H,26,28)/b10-8+. The molecule has 35 heavy (non-hydrogen) atoms. The van der Waals surface area contributed by atoms with E-state index in [2.05, 4.69) is 5.32 Å². The second-order valence-corrected chi connectivity index (χ2v) is 9.42. The van der Waals surface area contributed by atoms with Gasteiger partial charge in [0.15, 0.2) is 24.7 Å². The van der Waals surface area contributed by atoms with Crippen LogP contribution >= 0.6 is 0 Å². The molecule has 0 unspecified atom stereocenters. The van der Waals surface area contributed by atoms with Crippen molar-refractivity contribution in [3.63, 3.8) is 0 Å². The highest BCUT2D eigenvalue weighted by molar-refractivity contribution is 7.89. The molecule has 11 heteroatoms. The van der Waals surface area contributed by atoms with Gasteiger partial charge in [0.1, 0.15) is 6.07 Å². The largest absolute Gasteiger partial charge is 0.493 e. The fourth-order valence-corrected chi connectivity index (χ4v) is 4.94. The molecular weight excluding hydrogens is 474 g/mol. The zero-order chi connectivity index (χ0) is 25.3. The number of nitrogens with one attached hydrogen (secondary N) is 1. The first-order valence-corrected chi connectivity index (χ1v) is 12.2. The van der Waals surface area contributed by atoms with Crippen LogP contribution in [0.25, 0.3) is 6.08 Å². The summed E-state index contributed by atoms with van der Waals surface area (Å²) in [5.41, 5.74) is 0.899. The van der Waals surface area contributed by atoms with Crippen molar-refractivity contribution in [2.24, 2.45) is 0 Å². The summed E-state index contributed by atoms with van der Waals surface area (Å²) in [6.45, 7) is 0.289. The third kappa shape index (κ3) is 7.05. The van der Waals surface area contributed by atoms with Crippen molar-refractivity contribution < 1.29 is 32.2 Å². The van der Waals surface area contributed by atoms with E-state index in [-0.39, 0.29) is 17.2 Å². The molecule has 0 radical (unpaired) electrons. The van der Waals surface area contributed by atoms with Crippen LogP contribution in [0.2, 0.25) is 0 Å². The number of anilines is 1. The van der Waals surface area contributed by atoms with Crippen LogP contribution in [0, 0.1) is 11.3 Å². The van der Waals surface area contributed by atoms with Crippen molar-refractivity contribution >= 4 is 33.7 Å². The predicted molar refractivity (Wildman–Crippen MR) is 127 cm³/mol. The molecular formula is C24H25N3O7S. The van der Waals surface area contributed by atoms with E-state index < -0.39 is 28.5 Å². The van der Waals surface area contributed by atoms with E-state index in [0.29, 0.717) is 30.2 Å². The lowest BCUT2D eigenvalue weighted by atomic mass is 10.2. The maximum Gasteiger partial charge on any atom is 0.331 e. The Morgan fingerprint density at radius 2 is 1.91 bits per heavy atom. The number of sulfonamides is 1. The van der Waals surface area contributed by atoms with Crippen LogP contribution in [-0.2, 0) is 24.3 Å². The van der Waals surface area contributed by atoms with E-state index >= 15 is 0 Å². The van der Waals surface area contributed by atoms with Gasteiger partial charge in [0.25, 0.3) is 5.91 Å². The van der Waals surface area contributed by atoms with Gasteiger partial charge in [-0.25, -0.2) is 13.2 Å². The van der Waals surface area contributed by atoms with Crippen molar-refractivity contribution in [2.75, 3.05) is 38.7 Å². The predicted octanol–water partition coefficient (Wildman–Crippen LogP) is 2.58. The van der Waals surface area contributed by atoms with E-state index in [4.69, 9.17) is 19.5 Å². The third-order valence-corrected chi connectivity index (χ3v) is 6.95. The van der Waals surface area contributed by atoms with E-state index in [1.807, 2.05) is 6.07 Å². The Morgan fingerprint density at radius 1 is 1.14 bits per heavy atom. The molecule has 1 amide bonds. The van der Waals surface area contributed by atoms with Gasteiger partial charge in [-0.15, -0.1) is 0 Å². The number of ether oxygens (including phenoxy) is 3. The molecule has 0 aliphatic carbocycles. The SMILES string of the molecule is COc1cc(/C=C/C(=O)OCC(=O)Nc2cccc(S(=O)(=O)N3CCCC3)c2)ccc1OCC#N. The number of benzene rings is 2. The fraction of sp³-hybridized carbons (Fsp3) is 0.292. The summed E-state index contributed by atoms with van der Waals surface area (Å²) >= 11 is 0. The van der Waals surface area contributed by atoms with E-state index in [9.17, 15) is 18.0 Å². The molecule has 1 heterocycles. The average molecular weight is 500 g/mol. The minimum Gasteiger partial charge on any atom is -0.493 e. The van der Waals surface area contributed by atoms with Gasteiger partial charge < -0.3 is 19.5 Å². The van der Waals surface area contributed by atoms with Gasteiger partial charge in [0.2, 0.25) is 10.0 Å². The van der Waals surface area contributed by atoms with Gasteiger partial charge in [-0.2, -0.15) is 9.57 Å². The lowest BCUT2D eigenvalue weighted by Crippen LogP contribution is -2.28. The number of carbonyl (C=O) groups is 2. The monoisotopic (exact) mass is 499 g/mol. The van der Waals surface area contributed by atoms with Crippen LogP contribution in [0.5, 0.6) is 11.5 Å². The summed E-state index contributed by atoms with van der Waals surface area (Å²) in [4.78, 5) is 24.3. The second-order valence-electron chi connectivity index (χ2n) is 7.49. The first-order valence-electron chi connectivity index (χ1n) is 10.8. The highest BCUT2D eigenvalue weighted by atomic mass is 32.2. The Balaban J connectivity index is 1.53. The number of nitrogens with zero attached hydrogens (tertiary/aromatic N) is 2. The van der Waals surface area contributed by atoms with Crippen molar-refractivity contribution in [2.45, 2.75) is 17.7 Å². The molecule has 3 rings (SSSR count). The first-order chi connectivity index (χ1) is 16.8. The Morgan fingerprint density at radius 3 is 2.63 bits per heavy atom. The van der Waals surface area contributed by atoms with Gasteiger partial charge in [0.05, 0.1) is 12.0 Å². The summed E-state index contributed by atoms with van der Waals surface area (Å²) in [5.74, 6) is -0.565. The Bertz CT molecular complexity index is 1250. The third-order valence-electron chi connectivity index (χ3n) is 5.06. The second kappa shape index (κ2) is 12.0. The molecule has 1 N–H and O–H groups in total. The van der Waals surface area contributed by atoms with Gasteiger partial charge >= 0.3 is 5.97 Å². The van der Waals surface area contributed by atoms with Crippen LogP contribution in [0.3, 0.4) is 0 Å². The molecule has 0 bridgehead atoms. The summed E-state index contributed by atoms with van der Waals surface area (Å²) in [7, 11) is -2.16. The number of nitriles is 1. The molecule has 184 valence electrons. The van der Waals surface area contributed by atoms with Crippen molar-refractivity contribution in [1.29, 1.82) is 5.26 Å². The highest BCUT2D eigenvalue weighted by Crippen LogP contribution is 2.28. The quantitative estimate of drug-likeness (QED) is 0.389. The Labute approximate surface area is 203 Å². The number of esters is 1. The number of carbonyl (C=O) groups excluding carboxylic acids is 2. The zero-order valence-electron chi connectivity index (χ0n) is 19.1. The van der Waals surface area contributed by atoms with E-state index in [1.165, 1.54) is 35.7 Å². The van der Waals surface area contributed by atoms with Gasteiger partial charge in [0, 0.05) is 24.9 Å². The maximum atomic E-state index is 12.7. The van der Waals surface area contributed by atoms with Crippen LogP contribution in [-0.4, -0.2) is 58.0 Å². The highest BCUT2D eigenvalue weighted by Gasteiger charge is 2.27. The Hall–Kier alpha value is -3.88. The molecule has 1 aliphatic rings. The number of rotatable bonds is 10. The average Bonchev–Trinajstić information content (AvgIpc) is 3.41. The molecule has 2 aromatic carbocycles. The summed E-state index contributed by atoms with van der Waals surface area (Å²) in [6.07, 6.45) is 4.28. The Kier molecular flexibility index (Phi) is 8.83. The van der Waals surface area contributed by atoms with E-state index in [1.54, 1.807) is 24.3 Å². The van der Waals surface area contributed by atoms with Crippen LogP contribution in [0.1, 0.15) is 18.4 Å². The van der Waals surface area contributed by atoms with Gasteiger partial charge in [-0.1, -0.05) is 12.1 Å². The van der Waals surface area contributed by atoms with Crippen molar-refractivity contribution in [3.8, 4) is 17.6 Å². The summed E-state index contributed by atoms with van der Waals surface area (Å²) < 4.78 is 42.2. The van der Waals surface area contributed by atoms with Crippen molar-refractivity contribution in [3.05, 3.63) is 54.1 Å². The normalized spacial score (nSPS) is 13.8. The fourth-order valence-electron chi connectivity index (χ4n) is 3.38. The van der Waals surface area contributed by atoms with E-state index in [0.717, 1.165) is 18.9 Å². The van der Waals surface area contributed by atoms with Crippen LogP contribution in [0.4, 0.5) is 5.69 Å². The molecule has 0 saturated carbocycles. The van der Waals surface area contributed by atoms with Crippen molar-refractivity contribution in [1.82, 2.24) is 4.31 Å². The van der Waals surface area contributed by atoms with Gasteiger partial charge in [-0.3, -0.25) is 4.79 Å². The molecule has 0 atom stereocenters. The molecule has 1 saturated heterocycles. The molecule has 0 aromatic heterocycles. The lowest BCUT2D eigenvalue weighted by Gasteiger charge is -2.16. The number of amides is 1. The molecule has 2 aromatic rings. The molecule has 1 fully saturated rings. The molecule has 0 spiro atoms. The molecule has 10 nitrogen and oxygen atoms in total. The van der Waals surface area contributed by atoms with Gasteiger partial charge in [-0.05, 0) is 54.8 Å². The van der Waals surface area contributed by atoms with Crippen LogP contribution < -0.4 is 14.8 Å². The topological polar surface area (TPSA) is 135 Å². The summed E-state index contributed by atoms with van der Waals surface area (Å²) in [5, 5.41) is 11.2. The summed E-state index contributed by atoms with van der Waals surface area (Å²) in [6, 6.07) is 12.7. The number of hydrogen-bond donors (Lipinski definition) is 1. The minimum atomic E-state index is -3.61. The number of hydrogen-bond acceptors (Lipinski definition) is 8. The maximum absolute atomic E-state index is 12.7. The molecule has 1 aliphatic heterocycles. The lowest BCUT2D eigenvalue weighted by molar-refractivity contribution is -0.142. The minimum absolute atomic E-state index is 0.0941.